The van der Waals surface area contributed by atoms with E-state index >= 15 is 0 Å². The molecule has 1 aromatic heterocycles. The molecule has 0 bridgehead atoms. The maximum absolute atomic E-state index is 4.86. The Morgan fingerprint density at radius 2 is 2.57 bits per heavy atom. The molecule has 1 heterocycles. The van der Waals surface area contributed by atoms with Crippen LogP contribution in [0, 0.1) is 0 Å². The van der Waals surface area contributed by atoms with Crippen LogP contribution in [0.25, 0.3) is 6.08 Å². The lowest BCUT2D eigenvalue weighted by molar-refractivity contribution is 0.557. The van der Waals surface area contributed by atoms with Crippen LogP contribution in [-0.4, -0.2) is 0 Å². The average Bonchev–Trinajstić information content (AvgIpc) is 2.14. The number of hydrogen-bond donors (Lipinski definition) is 0. The van der Waals surface area contributed by atoms with Crippen LogP contribution in [0.3, 0.4) is 0 Å². The zero-order valence-corrected chi connectivity index (χ0v) is 3.92. The third kappa shape index (κ3) is 0.712. The summed E-state index contributed by atoms with van der Waals surface area (Å²) in [5.74, 6) is 0.819. The van der Waals surface area contributed by atoms with Gasteiger partial charge in [0.1, 0.15) is 5.76 Å². The van der Waals surface area contributed by atoms with Crippen molar-refractivity contribution >= 4 is 6.08 Å². The molecule has 36 valence electrons. The van der Waals surface area contributed by atoms with E-state index in [0.717, 1.165) is 5.76 Å². The molecule has 0 N–H and O–H groups in total. The van der Waals surface area contributed by atoms with E-state index in [1.54, 1.807) is 12.3 Å². The topological polar surface area (TPSA) is 13.1 Å². The van der Waals surface area contributed by atoms with Gasteiger partial charge >= 0.3 is 0 Å². The van der Waals surface area contributed by atoms with Crippen molar-refractivity contribution in [3.63, 3.8) is 0 Å². The highest BCUT2D eigenvalue weighted by molar-refractivity contribution is 5.38. The van der Waals surface area contributed by atoms with E-state index in [0.29, 0.717) is 0 Å². The molecular formula is C6H6O. The van der Waals surface area contributed by atoms with Gasteiger partial charge in [0.25, 0.3) is 0 Å². The molecule has 1 aromatic rings. The van der Waals surface area contributed by atoms with Crippen molar-refractivity contribution in [1.29, 1.82) is 0 Å². The first-order chi connectivity index (χ1) is 3.43. The first kappa shape index (κ1) is 4.19. The second-order valence-corrected chi connectivity index (χ2v) is 1.22. The van der Waals surface area contributed by atoms with Crippen LogP contribution in [0.5, 0.6) is 0 Å². The zero-order chi connectivity index (χ0) is 5.11. The summed E-state index contributed by atoms with van der Waals surface area (Å²) in [5.41, 5.74) is 0. The Hall–Kier alpha value is -0.980. The highest BCUT2D eigenvalue weighted by atomic mass is 16.3. The summed E-state index contributed by atoms with van der Waals surface area (Å²) in [6.45, 7) is 3.51. The fourth-order valence-corrected chi connectivity index (χ4v) is 0.407. The van der Waals surface area contributed by atoms with Crippen LogP contribution in [0.4, 0.5) is 0 Å². The normalized spacial score (nSPS) is 8.57. The highest BCUT2D eigenvalue weighted by Crippen LogP contribution is 1.98. The van der Waals surface area contributed by atoms with Gasteiger partial charge in [0.05, 0.1) is 6.26 Å². The van der Waals surface area contributed by atoms with Gasteiger partial charge in [-0.1, -0.05) is 6.58 Å². The standard InChI is InChI=1S/C6H6O/c1-2-6-4-3-5-7-6/h2-5H,1H2. The van der Waals surface area contributed by atoms with Gasteiger partial charge in [0.15, 0.2) is 0 Å². The Labute approximate surface area is 42.3 Å². The minimum Gasteiger partial charge on any atom is -0.465 e. The summed E-state index contributed by atoms with van der Waals surface area (Å²) < 4.78 is 4.86. The van der Waals surface area contributed by atoms with Gasteiger partial charge in [-0.05, 0) is 18.2 Å². The molecular weight excluding hydrogens is 88.1 g/mol. The molecule has 0 atom stereocenters. The van der Waals surface area contributed by atoms with Crippen molar-refractivity contribution in [2.45, 2.75) is 0 Å². The Balaban J connectivity index is 2.96. The fourth-order valence-electron chi connectivity index (χ4n) is 0.407. The molecule has 1 rings (SSSR count). The summed E-state index contributed by atoms with van der Waals surface area (Å²) in [6.07, 6.45) is 3.29. The van der Waals surface area contributed by atoms with E-state index in [-0.39, 0.29) is 0 Å². The van der Waals surface area contributed by atoms with Gasteiger partial charge in [0, 0.05) is 0 Å². The van der Waals surface area contributed by atoms with Gasteiger partial charge in [0.2, 0.25) is 0 Å². The molecule has 0 radical (unpaired) electrons. The number of rotatable bonds is 1. The molecule has 0 aliphatic carbocycles. The molecule has 0 fully saturated rings. The molecule has 1 nitrogen and oxygen atoms in total. The van der Waals surface area contributed by atoms with Crippen LogP contribution in [0.15, 0.2) is 29.4 Å². The van der Waals surface area contributed by atoms with Crippen molar-refractivity contribution in [3.8, 4) is 0 Å². The second-order valence-electron chi connectivity index (χ2n) is 1.22. The molecule has 7 heavy (non-hydrogen) atoms. The van der Waals surface area contributed by atoms with Crippen LogP contribution in [0.2, 0.25) is 0 Å². The van der Waals surface area contributed by atoms with Gasteiger partial charge in [-0.3, -0.25) is 0 Å². The maximum Gasteiger partial charge on any atom is 0.126 e. The monoisotopic (exact) mass is 94.0 g/mol. The molecule has 0 saturated carbocycles. The number of hydrogen-bond acceptors (Lipinski definition) is 1. The minimum atomic E-state index is 0.819. The van der Waals surface area contributed by atoms with Crippen LogP contribution >= 0.6 is 0 Å². The number of furan rings is 1. The van der Waals surface area contributed by atoms with Crippen molar-refractivity contribution in [3.05, 3.63) is 30.7 Å². The van der Waals surface area contributed by atoms with Gasteiger partial charge in [-0.25, -0.2) is 0 Å². The third-order valence-electron chi connectivity index (χ3n) is 0.744. The molecule has 0 amide bonds. The molecule has 1 heteroatoms. The van der Waals surface area contributed by atoms with Crippen LogP contribution in [0.1, 0.15) is 5.76 Å². The maximum atomic E-state index is 4.86. The SMILES string of the molecule is C=Cc1ccco1. The molecule has 0 saturated heterocycles. The van der Waals surface area contributed by atoms with E-state index in [1.165, 1.54) is 0 Å². The molecule has 0 spiro atoms. The summed E-state index contributed by atoms with van der Waals surface area (Å²) in [6, 6.07) is 3.68. The van der Waals surface area contributed by atoms with E-state index in [2.05, 4.69) is 6.58 Å². The Bertz CT molecular complexity index is 139. The molecule has 0 aliphatic heterocycles. The summed E-state index contributed by atoms with van der Waals surface area (Å²) >= 11 is 0. The van der Waals surface area contributed by atoms with E-state index in [1.807, 2.05) is 12.1 Å². The van der Waals surface area contributed by atoms with Gasteiger partial charge < -0.3 is 4.42 Å². The minimum absolute atomic E-state index is 0.819. The smallest absolute Gasteiger partial charge is 0.126 e. The molecule has 0 unspecified atom stereocenters. The first-order valence-electron chi connectivity index (χ1n) is 2.09. The third-order valence-corrected chi connectivity index (χ3v) is 0.744. The fraction of sp³-hybridized carbons (Fsp3) is 0. The average molecular weight is 94.1 g/mol. The van der Waals surface area contributed by atoms with Gasteiger partial charge in [-0.15, -0.1) is 0 Å². The predicted molar refractivity (Wildman–Crippen MR) is 28.8 cm³/mol. The van der Waals surface area contributed by atoms with E-state index in [9.17, 15) is 0 Å². The zero-order valence-electron chi connectivity index (χ0n) is 3.92. The van der Waals surface area contributed by atoms with Crippen molar-refractivity contribution < 1.29 is 4.42 Å². The summed E-state index contributed by atoms with van der Waals surface area (Å²) in [4.78, 5) is 0. The van der Waals surface area contributed by atoms with Crippen molar-refractivity contribution in [1.82, 2.24) is 0 Å². The first-order valence-corrected chi connectivity index (χ1v) is 2.09. The van der Waals surface area contributed by atoms with Crippen LogP contribution in [-0.2, 0) is 0 Å². The predicted octanol–water partition coefficient (Wildman–Crippen LogP) is 1.92. The quantitative estimate of drug-likeness (QED) is 0.518. The lowest BCUT2D eigenvalue weighted by Crippen LogP contribution is -1.50. The van der Waals surface area contributed by atoms with Crippen molar-refractivity contribution in [2.75, 3.05) is 0 Å². The summed E-state index contributed by atoms with van der Waals surface area (Å²) in [7, 11) is 0. The Morgan fingerprint density at radius 3 is 2.86 bits per heavy atom. The van der Waals surface area contributed by atoms with E-state index in [4.69, 9.17) is 4.42 Å². The largest absolute Gasteiger partial charge is 0.465 e. The van der Waals surface area contributed by atoms with E-state index < -0.39 is 0 Å². The van der Waals surface area contributed by atoms with Crippen LogP contribution < -0.4 is 0 Å². The lowest BCUT2D eigenvalue weighted by Gasteiger charge is -1.73. The highest BCUT2D eigenvalue weighted by Gasteiger charge is 1.80. The molecule has 0 aromatic carbocycles. The Kier molecular flexibility index (Phi) is 0.984. The van der Waals surface area contributed by atoms with Crippen molar-refractivity contribution in [2.24, 2.45) is 0 Å². The molecule has 0 aliphatic rings. The lowest BCUT2D eigenvalue weighted by atomic mass is 10.5. The second kappa shape index (κ2) is 1.65. The van der Waals surface area contributed by atoms with Gasteiger partial charge in [-0.2, -0.15) is 0 Å². The Morgan fingerprint density at radius 1 is 1.71 bits per heavy atom. The summed E-state index contributed by atoms with van der Waals surface area (Å²) in [5, 5.41) is 0.